The third-order valence-electron chi connectivity index (χ3n) is 6.11. The van der Waals surface area contributed by atoms with E-state index in [1.807, 2.05) is 12.1 Å². The summed E-state index contributed by atoms with van der Waals surface area (Å²) in [6, 6.07) is 12.4. The van der Waals surface area contributed by atoms with Gasteiger partial charge in [0.2, 0.25) is 5.91 Å². The minimum atomic E-state index is -4.54. The molecule has 2 aromatic carbocycles. The second-order valence-corrected chi connectivity index (χ2v) is 10.1. The number of aromatic nitrogens is 1. The van der Waals surface area contributed by atoms with E-state index in [1.165, 1.54) is 18.4 Å². The van der Waals surface area contributed by atoms with Gasteiger partial charge in [-0.05, 0) is 24.3 Å². The van der Waals surface area contributed by atoms with Crippen LogP contribution in [0.25, 0.3) is 10.6 Å². The highest BCUT2D eigenvalue weighted by molar-refractivity contribution is 7.17. The lowest BCUT2D eigenvalue weighted by Crippen LogP contribution is -2.56. The Kier molecular flexibility index (Phi) is 6.76. The number of benzene rings is 2. The maximum absolute atomic E-state index is 13.3. The van der Waals surface area contributed by atoms with Gasteiger partial charge in [-0.3, -0.25) is 9.59 Å². The predicted molar refractivity (Wildman–Crippen MR) is 133 cm³/mol. The van der Waals surface area contributed by atoms with E-state index in [4.69, 9.17) is 21.1 Å². The highest BCUT2D eigenvalue weighted by Crippen LogP contribution is 2.37. The van der Waals surface area contributed by atoms with Crippen LogP contribution >= 0.6 is 22.9 Å². The molecule has 0 unspecified atom stereocenters. The fraction of sp³-hybridized carbons (Fsp3) is 0.320. The average molecular weight is 552 g/mol. The van der Waals surface area contributed by atoms with E-state index >= 15 is 0 Å². The first kappa shape index (κ1) is 25.3. The third kappa shape index (κ3) is 5.37. The van der Waals surface area contributed by atoms with E-state index in [0.717, 1.165) is 21.2 Å². The van der Waals surface area contributed by atoms with E-state index in [1.54, 1.807) is 35.2 Å². The molecule has 7 nitrogen and oxygen atoms in total. The number of hydrogen-bond acceptors (Lipinski definition) is 6. The Labute approximate surface area is 219 Å². The number of carbonyl (C=O) groups excluding carboxylic acids is 2. The van der Waals surface area contributed by atoms with Crippen molar-refractivity contribution in [2.45, 2.75) is 25.1 Å². The zero-order valence-electron chi connectivity index (χ0n) is 19.5. The largest absolute Gasteiger partial charge is 0.493 e. The van der Waals surface area contributed by atoms with Gasteiger partial charge in [0, 0.05) is 35.3 Å². The van der Waals surface area contributed by atoms with Crippen molar-refractivity contribution in [1.29, 1.82) is 0 Å². The Hall–Kier alpha value is -3.31. The van der Waals surface area contributed by atoms with Gasteiger partial charge in [-0.1, -0.05) is 23.7 Å². The van der Waals surface area contributed by atoms with E-state index in [-0.39, 0.29) is 19.0 Å². The molecule has 0 saturated carbocycles. The molecule has 2 aliphatic rings. The van der Waals surface area contributed by atoms with Gasteiger partial charge in [-0.15, -0.1) is 11.3 Å². The molecule has 12 heteroatoms. The van der Waals surface area contributed by atoms with Crippen LogP contribution < -0.4 is 14.4 Å². The summed E-state index contributed by atoms with van der Waals surface area (Å²) in [5.74, 6) is -0.373. The van der Waals surface area contributed by atoms with Crippen molar-refractivity contribution in [3.63, 3.8) is 0 Å². The molecule has 1 saturated heterocycles. The Morgan fingerprint density at radius 1 is 1.16 bits per heavy atom. The summed E-state index contributed by atoms with van der Waals surface area (Å²) in [6.45, 7) is 0.570. The molecule has 3 heterocycles. The first-order chi connectivity index (χ1) is 17.6. The first-order valence-corrected chi connectivity index (χ1v) is 12.6. The van der Waals surface area contributed by atoms with Gasteiger partial charge < -0.3 is 19.3 Å². The van der Waals surface area contributed by atoms with Crippen molar-refractivity contribution in [3.8, 4) is 22.1 Å². The lowest BCUT2D eigenvalue weighted by atomic mass is 10.1. The van der Waals surface area contributed by atoms with Crippen molar-refractivity contribution in [2.75, 3.05) is 31.6 Å². The van der Waals surface area contributed by atoms with Crippen molar-refractivity contribution in [3.05, 3.63) is 58.1 Å². The molecule has 0 atom stereocenters. The number of rotatable bonds is 6. The number of amides is 2. The zero-order valence-corrected chi connectivity index (χ0v) is 21.1. The molecular weight excluding hydrogens is 531 g/mol. The molecule has 5 rings (SSSR count). The summed E-state index contributed by atoms with van der Waals surface area (Å²) in [5, 5.41) is 1.37. The van der Waals surface area contributed by atoms with Crippen LogP contribution in [0.3, 0.4) is 0 Å². The monoisotopic (exact) mass is 551 g/mol. The molecule has 1 fully saturated rings. The summed E-state index contributed by atoms with van der Waals surface area (Å²) >= 11 is 7.31. The number of ether oxygens (including phenoxy) is 2. The number of nitrogens with zero attached hydrogens (tertiary/aromatic N) is 3. The van der Waals surface area contributed by atoms with Crippen LogP contribution in [0, 0.1) is 0 Å². The molecule has 0 bridgehead atoms. The molecule has 194 valence electrons. The normalized spacial score (nSPS) is 15.9. The van der Waals surface area contributed by atoms with Crippen molar-refractivity contribution in [1.82, 2.24) is 9.88 Å². The maximum atomic E-state index is 13.3. The van der Waals surface area contributed by atoms with Gasteiger partial charge in [-0.2, -0.15) is 13.2 Å². The SMILES string of the molecule is COc1cc(N2CCc3nc(-c4ccc(Cl)cc4)sc3C2=O)ccc1OC1CN(C(=O)CC(F)(F)F)C1. The van der Waals surface area contributed by atoms with Crippen LogP contribution in [0.5, 0.6) is 11.5 Å². The molecule has 0 radical (unpaired) electrons. The van der Waals surface area contributed by atoms with Crippen molar-refractivity contribution < 1.29 is 32.2 Å². The predicted octanol–water partition coefficient (Wildman–Crippen LogP) is 5.22. The van der Waals surface area contributed by atoms with Crippen LogP contribution in [-0.4, -0.2) is 60.7 Å². The molecule has 37 heavy (non-hydrogen) atoms. The first-order valence-electron chi connectivity index (χ1n) is 11.4. The number of halogens is 4. The van der Waals surface area contributed by atoms with Crippen LogP contribution in [0.15, 0.2) is 42.5 Å². The summed E-state index contributed by atoms with van der Waals surface area (Å²) in [5.41, 5.74) is 2.27. The van der Waals surface area contributed by atoms with Crippen LogP contribution in [0.4, 0.5) is 18.9 Å². The second-order valence-electron chi connectivity index (χ2n) is 8.67. The number of anilines is 1. The molecule has 0 spiro atoms. The maximum Gasteiger partial charge on any atom is 0.397 e. The van der Waals surface area contributed by atoms with E-state index in [0.29, 0.717) is 40.1 Å². The molecule has 0 N–H and O–H groups in total. The van der Waals surface area contributed by atoms with E-state index in [2.05, 4.69) is 4.98 Å². The highest BCUT2D eigenvalue weighted by Gasteiger charge is 2.39. The number of alkyl halides is 3. The molecule has 3 aromatic rings. The summed E-state index contributed by atoms with van der Waals surface area (Å²) in [6.07, 6.45) is -5.87. The Morgan fingerprint density at radius 2 is 1.89 bits per heavy atom. The van der Waals surface area contributed by atoms with Gasteiger partial charge >= 0.3 is 6.18 Å². The molecule has 2 aliphatic heterocycles. The smallest absolute Gasteiger partial charge is 0.397 e. The van der Waals surface area contributed by atoms with Crippen LogP contribution in [-0.2, 0) is 11.2 Å². The van der Waals surface area contributed by atoms with Crippen LogP contribution in [0.2, 0.25) is 5.02 Å². The lowest BCUT2D eigenvalue weighted by Gasteiger charge is -2.39. The third-order valence-corrected chi connectivity index (χ3v) is 7.49. The topological polar surface area (TPSA) is 72.0 Å². The Morgan fingerprint density at radius 3 is 2.57 bits per heavy atom. The van der Waals surface area contributed by atoms with Gasteiger partial charge in [0.05, 0.1) is 25.9 Å². The Balaban J connectivity index is 1.27. The van der Waals surface area contributed by atoms with E-state index in [9.17, 15) is 22.8 Å². The van der Waals surface area contributed by atoms with Gasteiger partial charge in [0.25, 0.3) is 5.91 Å². The van der Waals surface area contributed by atoms with Gasteiger partial charge in [0.15, 0.2) is 11.5 Å². The Bertz CT molecular complexity index is 1340. The standard InChI is InChI=1S/C25H21ClF3N3O4S/c1-35-20-10-16(6-7-19(20)36-17-12-31(13-17)21(33)11-25(27,28)29)32-9-8-18-22(24(32)34)37-23(30-18)14-2-4-15(26)5-3-14/h2-7,10,17H,8-9,11-13H2,1H3. The summed E-state index contributed by atoms with van der Waals surface area (Å²) in [7, 11) is 1.46. The summed E-state index contributed by atoms with van der Waals surface area (Å²) in [4.78, 5) is 33.0. The van der Waals surface area contributed by atoms with Crippen molar-refractivity contribution in [2.24, 2.45) is 0 Å². The van der Waals surface area contributed by atoms with Gasteiger partial charge in [-0.25, -0.2) is 4.98 Å². The number of likely N-dealkylation sites (tertiary alicyclic amines) is 1. The zero-order chi connectivity index (χ0) is 26.3. The minimum Gasteiger partial charge on any atom is -0.493 e. The molecule has 0 aliphatic carbocycles. The fourth-order valence-corrected chi connectivity index (χ4v) is 5.39. The number of fused-ring (bicyclic) bond motifs is 1. The summed E-state index contributed by atoms with van der Waals surface area (Å²) < 4.78 is 48.6. The lowest BCUT2D eigenvalue weighted by molar-refractivity contribution is -0.167. The molecule has 2 amide bonds. The van der Waals surface area contributed by atoms with E-state index < -0.39 is 24.6 Å². The fourth-order valence-electron chi connectivity index (χ4n) is 4.19. The number of hydrogen-bond donors (Lipinski definition) is 0. The van der Waals surface area contributed by atoms with Gasteiger partial charge in [0.1, 0.15) is 22.4 Å². The number of carbonyl (C=O) groups is 2. The molecular formula is C25H21ClF3N3O4S. The number of thiazole rings is 1. The minimum absolute atomic E-state index is 0.0640. The van der Waals surface area contributed by atoms with Crippen LogP contribution in [0.1, 0.15) is 21.8 Å². The molecule has 1 aromatic heterocycles. The second kappa shape index (κ2) is 9.86. The number of methoxy groups -OCH3 is 1. The highest BCUT2D eigenvalue weighted by atomic mass is 35.5. The average Bonchev–Trinajstić information content (AvgIpc) is 3.26. The van der Waals surface area contributed by atoms with Crippen molar-refractivity contribution >= 4 is 40.4 Å². The quantitative estimate of drug-likeness (QED) is 0.420.